The zero-order chi connectivity index (χ0) is 18.4. The highest BCUT2D eigenvalue weighted by atomic mass is 16.3. The number of nitroso groups, excluding NO2 is 1. The second kappa shape index (κ2) is 4.41. The standard InChI is InChI=1S/C19H33NO4/c1-13(2,20-24)16-7-17(14(3,4)21)9-18(8-16,15(5,6)22)12-19(23,10-16)11-17/h21-23H,7-12H2,1-6H3. The van der Waals surface area contributed by atoms with Crippen LogP contribution >= 0.6 is 0 Å². The Kier molecular flexibility index (Phi) is 3.36. The quantitative estimate of drug-likeness (QED) is 0.686. The van der Waals surface area contributed by atoms with Crippen LogP contribution in [0, 0.1) is 21.2 Å². The summed E-state index contributed by atoms with van der Waals surface area (Å²) in [6.45, 7) is 10.9. The van der Waals surface area contributed by atoms with E-state index >= 15 is 0 Å². The highest BCUT2D eigenvalue weighted by Crippen LogP contribution is 2.77. The van der Waals surface area contributed by atoms with E-state index < -0.39 is 38.6 Å². The van der Waals surface area contributed by atoms with E-state index in [1.807, 2.05) is 13.8 Å². The number of rotatable bonds is 4. The summed E-state index contributed by atoms with van der Waals surface area (Å²) in [6, 6.07) is 0. The fourth-order valence-electron chi connectivity index (χ4n) is 6.63. The molecule has 0 amide bonds. The van der Waals surface area contributed by atoms with Gasteiger partial charge in [-0.1, -0.05) is 5.18 Å². The summed E-state index contributed by atoms with van der Waals surface area (Å²) in [5.41, 5.74) is -5.34. The van der Waals surface area contributed by atoms with Crippen molar-refractivity contribution in [2.24, 2.45) is 21.4 Å². The van der Waals surface area contributed by atoms with Gasteiger partial charge in [-0.2, -0.15) is 4.91 Å². The van der Waals surface area contributed by atoms with Crippen molar-refractivity contribution in [3.05, 3.63) is 4.91 Å². The molecule has 0 saturated heterocycles. The minimum atomic E-state index is -0.997. The van der Waals surface area contributed by atoms with Crippen molar-refractivity contribution >= 4 is 0 Å². The van der Waals surface area contributed by atoms with Crippen LogP contribution in [0.15, 0.2) is 5.18 Å². The first-order valence-corrected chi connectivity index (χ1v) is 9.07. The third-order valence-electron chi connectivity index (χ3n) is 8.15. The molecule has 5 heteroatoms. The van der Waals surface area contributed by atoms with Gasteiger partial charge < -0.3 is 15.3 Å². The van der Waals surface area contributed by atoms with Crippen LogP contribution < -0.4 is 0 Å². The van der Waals surface area contributed by atoms with Crippen molar-refractivity contribution in [3.63, 3.8) is 0 Å². The van der Waals surface area contributed by atoms with Gasteiger partial charge in [0, 0.05) is 16.2 Å². The van der Waals surface area contributed by atoms with Gasteiger partial charge in [0.1, 0.15) is 5.54 Å². The van der Waals surface area contributed by atoms with Crippen LogP contribution in [-0.4, -0.2) is 37.7 Å². The van der Waals surface area contributed by atoms with Crippen LogP contribution in [0.25, 0.3) is 0 Å². The minimum absolute atomic E-state index is 0.502. The third-order valence-corrected chi connectivity index (χ3v) is 8.15. The minimum Gasteiger partial charge on any atom is -0.390 e. The largest absolute Gasteiger partial charge is 0.390 e. The Morgan fingerprint density at radius 2 is 1.04 bits per heavy atom. The number of aliphatic hydroxyl groups is 3. The van der Waals surface area contributed by atoms with E-state index in [1.165, 1.54) is 0 Å². The lowest BCUT2D eigenvalue weighted by Gasteiger charge is -2.75. The average Bonchev–Trinajstić information content (AvgIpc) is 2.33. The van der Waals surface area contributed by atoms with Crippen molar-refractivity contribution in [2.45, 2.75) is 102 Å². The molecule has 24 heavy (non-hydrogen) atoms. The molecule has 4 rings (SSSR count). The molecule has 138 valence electrons. The molecule has 4 saturated carbocycles. The number of hydrogen-bond acceptors (Lipinski definition) is 5. The van der Waals surface area contributed by atoms with Gasteiger partial charge in [-0.25, -0.2) is 0 Å². The molecular weight excluding hydrogens is 306 g/mol. The zero-order valence-corrected chi connectivity index (χ0v) is 15.9. The fourth-order valence-corrected chi connectivity index (χ4v) is 6.63. The summed E-state index contributed by atoms with van der Waals surface area (Å²) in [5.74, 6) is 0. The normalized spacial score (nSPS) is 45.5. The predicted molar refractivity (Wildman–Crippen MR) is 92.4 cm³/mol. The molecule has 2 atom stereocenters. The molecule has 0 aliphatic heterocycles. The van der Waals surface area contributed by atoms with Crippen molar-refractivity contribution < 1.29 is 15.3 Å². The van der Waals surface area contributed by atoms with E-state index in [4.69, 9.17) is 0 Å². The molecule has 0 aromatic heterocycles. The van der Waals surface area contributed by atoms with Gasteiger partial charge in [0.15, 0.2) is 0 Å². The highest BCUT2D eigenvalue weighted by molar-refractivity contribution is 5.26. The van der Waals surface area contributed by atoms with Gasteiger partial charge in [0.2, 0.25) is 0 Å². The smallest absolute Gasteiger partial charge is 0.103 e. The van der Waals surface area contributed by atoms with E-state index in [9.17, 15) is 20.2 Å². The lowest BCUT2D eigenvalue weighted by atomic mass is 9.31. The summed E-state index contributed by atoms with van der Waals surface area (Å²) in [4.78, 5) is 11.7. The summed E-state index contributed by atoms with van der Waals surface area (Å²) in [6.07, 6.45) is 3.58. The molecule has 2 unspecified atom stereocenters. The Hall–Kier alpha value is -0.520. The van der Waals surface area contributed by atoms with Gasteiger partial charge in [-0.05, 0) is 80.1 Å². The Labute approximate surface area is 144 Å². The summed E-state index contributed by atoms with van der Waals surface area (Å²) >= 11 is 0. The van der Waals surface area contributed by atoms with Gasteiger partial charge in [0.25, 0.3) is 0 Å². The maximum absolute atomic E-state index is 11.7. The van der Waals surface area contributed by atoms with Gasteiger partial charge in [-0.15, -0.1) is 0 Å². The first kappa shape index (κ1) is 18.3. The van der Waals surface area contributed by atoms with Crippen LogP contribution in [0.2, 0.25) is 0 Å². The molecule has 0 aromatic carbocycles. The predicted octanol–water partition coefficient (Wildman–Crippen LogP) is 3.14. The molecule has 0 spiro atoms. The maximum Gasteiger partial charge on any atom is 0.103 e. The number of hydrogen-bond donors (Lipinski definition) is 3. The second-order valence-corrected chi connectivity index (χ2v) is 10.9. The van der Waals surface area contributed by atoms with Gasteiger partial charge in [-0.3, -0.25) is 0 Å². The van der Waals surface area contributed by atoms with E-state index in [-0.39, 0.29) is 0 Å². The Bertz CT molecular complexity index is 539. The molecule has 4 aliphatic carbocycles. The Morgan fingerprint density at radius 1 is 0.708 bits per heavy atom. The molecule has 0 aromatic rings. The molecule has 0 radical (unpaired) electrons. The van der Waals surface area contributed by atoms with Crippen LogP contribution in [0.4, 0.5) is 0 Å². The van der Waals surface area contributed by atoms with Crippen LogP contribution in [0.3, 0.4) is 0 Å². The van der Waals surface area contributed by atoms with E-state index in [0.29, 0.717) is 38.5 Å². The highest BCUT2D eigenvalue weighted by Gasteiger charge is 2.76. The maximum atomic E-state index is 11.7. The molecule has 4 aliphatic rings. The van der Waals surface area contributed by atoms with E-state index in [2.05, 4.69) is 5.18 Å². The molecule has 4 fully saturated rings. The lowest BCUT2D eigenvalue weighted by Crippen LogP contribution is -2.74. The zero-order valence-electron chi connectivity index (χ0n) is 15.9. The van der Waals surface area contributed by atoms with Gasteiger partial charge >= 0.3 is 0 Å². The van der Waals surface area contributed by atoms with Crippen LogP contribution in [-0.2, 0) is 0 Å². The average molecular weight is 339 g/mol. The lowest BCUT2D eigenvalue weighted by molar-refractivity contribution is -0.314. The number of nitrogens with zero attached hydrogens (tertiary/aromatic N) is 1. The summed E-state index contributed by atoms with van der Waals surface area (Å²) in [5, 5.41) is 36.9. The topological polar surface area (TPSA) is 90.1 Å². The summed E-state index contributed by atoms with van der Waals surface area (Å²) < 4.78 is 0. The molecule has 0 heterocycles. The second-order valence-electron chi connectivity index (χ2n) is 10.9. The first-order valence-electron chi connectivity index (χ1n) is 9.07. The molecule has 4 bridgehead atoms. The van der Waals surface area contributed by atoms with E-state index in [0.717, 1.165) is 0 Å². The first-order chi connectivity index (χ1) is 10.6. The third kappa shape index (κ3) is 2.10. The Morgan fingerprint density at radius 3 is 1.38 bits per heavy atom. The van der Waals surface area contributed by atoms with Crippen molar-refractivity contribution in [1.29, 1.82) is 0 Å². The molecule has 5 nitrogen and oxygen atoms in total. The molecular formula is C19H33NO4. The molecule has 3 N–H and O–H groups in total. The van der Waals surface area contributed by atoms with Crippen LogP contribution in [0.5, 0.6) is 0 Å². The van der Waals surface area contributed by atoms with E-state index in [1.54, 1.807) is 27.7 Å². The summed E-state index contributed by atoms with van der Waals surface area (Å²) in [7, 11) is 0. The monoisotopic (exact) mass is 339 g/mol. The van der Waals surface area contributed by atoms with Crippen molar-refractivity contribution in [1.82, 2.24) is 0 Å². The van der Waals surface area contributed by atoms with Crippen molar-refractivity contribution in [2.75, 3.05) is 0 Å². The Balaban J connectivity index is 2.25. The SMILES string of the molecule is CC(C)(O)C12CC3(O)CC(C(C)(C)O)(C1)CC(C(C)(C)N=O)(C3)C2. The van der Waals surface area contributed by atoms with Gasteiger partial charge in [0.05, 0.1) is 16.8 Å². The van der Waals surface area contributed by atoms with Crippen molar-refractivity contribution in [3.8, 4) is 0 Å². The van der Waals surface area contributed by atoms with Crippen LogP contribution in [0.1, 0.15) is 80.1 Å². The fraction of sp³-hybridized carbons (Fsp3) is 1.00.